The van der Waals surface area contributed by atoms with Crippen LogP contribution in [0.1, 0.15) is 22.8 Å². The van der Waals surface area contributed by atoms with Gasteiger partial charge in [-0.15, -0.1) is 0 Å². The smallest absolute Gasteiger partial charge is 0.259 e. The fourth-order valence-electron chi connectivity index (χ4n) is 2.17. The van der Waals surface area contributed by atoms with Crippen molar-refractivity contribution in [2.45, 2.75) is 6.92 Å². The molecule has 0 atom stereocenters. The van der Waals surface area contributed by atoms with Gasteiger partial charge in [0.1, 0.15) is 0 Å². The lowest BCUT2D eigenvalue weighted by Crippen LogP contribution is -2.35. The number of methoxy groups -OCH3 is 2. The van der Waals surface area contributed by atoms with E-state index in [0.29, 0.717) is 22.8 Å². The third-order valence-corrected chi connectivity index (χ3v) is 3.60. The topological polar surface area (TPSA) is 89.0 Å². The molecule has 136 valence electrons. The molecule has 0 unspecified atom stereocenters. The molecule has 26 heavy (non-hydrogen) atoms. The summed E-state index contributed by atoms with van der Waals surface area (Å²) in [5.41, 5.74) is 4.35. The number of nitrogens with one attached hydrogen (secondary N) is 2. The summed E-state index contributed by atoms with van der Waals surface area (Å²) in [5.74, 6) is 0.138. The minimum Gasteiger partial charge on any atom is -0.493 e. The van der Waals surface area contributed by atoms with Crippen molar-refractivity contribution in [3.63, 3.8) is 0 Å². The summed E-state index contributed by atoms with van der Waals surface area (Å²) in [7, 11) is 3.00. The molecular formula is C19H21N3O4. The van der Waals surface area contributed by atoms with Gasteiger partial charge in [-0.05, 0) is 30.7 Å². The van der Waals surface area contributed by atoms with Crippen molar-refractivity contribution in [3.8, 4) is 11.5 Å². The zero-order valence-electron chi connectivity index (χ0n) is 14.9. The number of ether oxygens (including phenoxy) is 2. The van der Waals surface area contributed by atoms with Gasteiger partial charge in [0.25, 0.3) is 11.8 Å². The van der Waals surface area contributed by atoms with E-state index in [-0.39, 0.29) is 6.54 Å². The van der Waals surface area contributed by atoms with Crippen LogP contribution >= 0.6 is 0 Å². The van der Waals surface area contributed by atoms with Gasteiger partial charge in [0.15, 0.2) is 11.5 Å². The summed E-state index contributed by atoms with van der Waals surface area (Å²) in [6.07, 6.45) is 0. The molecule has 0 heterocycles. The highest BCUT2D eigenvalue weighted by Crippen LogP contribution is 2.27. The van der Waals surface area contributed by atoms with Crippen molar-refractivity contribution in [2.75, 3.05) is 20.8 Å². The van der Waals surface area contributed by atoms with Gasteiger partial charge in [0.2, 0.25) is 0 Å². The molecule has 0 saturated carbocycles. The average Bonchev–Trinajstić information content (AvgIpc) is 2.70. The van der Waals surface area contributed by atoms with E-state index in [4.69, 9.17) is 9.47 Å². The molecule has 2 amide bonds. The molecule has 0 saturated heterocycles. The van der Waals surface area contributed by atoms with Gasteiger partial charge >= 0.3 is 0 Å². The van der Waals surface area contributed by atoms with Crippen LogP contribution in [0.2, 0.25) is 0 Å². The summed E-state index contributed by atoms with van der Waals surface area (Å²) < 4.78 is 10.3. The Morgan fingerprint density at radius 2 is 1.65 bits per heavy atom. The van der Waals surface area contributed by atoms with Gasteiger partial charge < -0.3 is 14.8 Å². The Kier molecular flexibility index (Phi) is 6.73. The van der Waals surface area contributed by atoms with Crippen LogP contribution in [-0.4, -0.2) is 38.3 Å². The molecule has 2 rings (SSSR count). The van der Waals surface area contributed by atoms with Gasteiger partial charge in [-0.1, -0.05) is 30.3 Å². The number of benzene rings is 2. The van der Waals surface area contributed by atoms with E-state index in [2.05, 4.69) is 15.8 Å². The number of hydrogen-bond donors (Lipinski definition) is 2. The number of carbonyl (C=O) groups is 2. The predicted octanol–water partition coefficient (Wildman–Crippen LogP) is 1.97. The van der Waals surface area contributed by atoms with Crippen molar-refractivity contribution in [1.82, 2.24) is 10.7 Å². The predicted molar refractivity (Wildman–Crippen MR) is 98.7 cm³/mol. The second kappa shape index (κ2) is 9.22. The van der Waals surface area contributed by atoms with Crippen LogP contribution in [0.25, 0.3) is 0 Å². The van der Waals surface area contributed by atoms with Crippen LogP contribution in [0.15, 0.2) is 53.6 Å². The number of carbonyl (C=O) groups excluding carboxylic acids is 2. The van der Waals surface area contributed by atoms with Crippen LogP contribution < -0.4 is 20.2 Å². The third-order valence-electron chi connectivity index (χ3n) is 3.60. The first kappa shape index (κ1) is 19.0. The second-order valence-electron chi connectivity index (χ2n) is 5.35. The molecule has 2 aromatic carbocycles. The van der Waals surface area contributed by atoms with Crippen LogP contribution in [0, 0.1) is 0 Å². The molecule has 7 nitrogen and oxygen atoms in total. The molecule has 7 heteroatoms. The summed E-state index contributed by atoms with van der Waals surface area (Å²) in [4.78, 5) is 24.0. The number of nitrogens with zero attached hydrogens (tertiary/aromatic N) is 1. The maximum Gasteiger partial charge on any atom is 0.259 e. The number of hydrazone groups is 1. The van der Waals surface area contributed by atoms with E-state index < -0.39 is 11.8 Å². The first-order chi connectivity index (χ1) is 12.5. The maximum atomic E-state index is 12.2. The van der Waals surface area contributed by atoms with Gasteiger partial charge in [0.05, 0.1) is 26.5 Å². The highest BCUT2D eigenvalue weighted by molar-refractivity contribution is 6.00. The average molecular weight is 355 g/mol. The molecule has 0 bridgehead atoms. The number of rotatable bonds is 7. The van der Waals surface area contributed by atoms with Crippen molar-refractivity contribution in [3.05, 3.63) is 59.7 Å². The normalized spacial score (nSPS) is 10.8. The second-order valence-corrected chi connectivity index (χ2v) is 5.35. The molecule has 0 radical (unpaired) electrons. The monoisotopic (exact) mass is 355 g/mol. The van der Waals surface area contributed by atoms with Crippen molar-refractivity contribution < 1.29 is 19.1 Å². The van der Waals surface area contributed by atoms with E-state index in [9.17, 15) is 9.59 Å². The summed E-state index contributed by atoms with van der Waals surface area (Å²) in [6, 6.07) is 14.2. The molecule has 2 N–H and O–H groups in total. The Bertz CT molecular complexity index is 804. The van der Waals surface area contributed by atoms with Crippen LogP contribution in [0.4, 0.5) is 0 Å². The van der Waals surface area contributed by atoms with Crippen LogP contribution in [0.3, 0.4) is 0 Å². The molecule has 0 aliphatic rings. The lowest BCUT2D eigenvalue weighted by molar-refractivity contribution is -0.120. The molecule has 0 spiro atoms. The summed E-state index contributed by atoms with van der Waals surface area (Å²) in [5, 5.41) is 6.56. The Morgan fingerprint density at radius 1 is 0.962 bits per heavy atom. The SMILES string of the molecule is COc1ccc(C(=O)NCC(=O)N/N=C(\C)c2ccccc2)cc1OC. The highest BCUT2D eigenvalue weighted by atomic mass is 16.5. The van der Waals surface area contributed by atoms with Crippen LogP contribution in [0.5, 0.6) is 11.5 Å². The quantitative estimate of drug-likeness (QED) is 0.587. The van der Waals surface area contributed by atoms with E-state index in [1.807, 2.05) is 30.3 Å². The van der Waals surface area contributed by atoms with Gasteiger partial charge in [-0.3, -0.25) is 9.59 Å². The number of hydrogen-bond acceptors (Lipinski definition) is 5. The minimum absolute atomic E-state index is 0.196. The molecular weight excluding hydrogens is 334 g/mol. The number of amides is 2. The molecule has 0 aromatic heterocycles. The van der Waals surface area contributed by atoms with Crippen molar-refractivity contribution >= 4 is 17.5 Å². The standard InChI is InChI=1S/C19H21N3O4/c1-13(14-7-5-4-6-8-14)21-22-18(23)12-20-19(24)15-9-10-16(25-2)17(11-15)26-3/h4-11H,12H2,1-3H3,(H,20,24)(H,22,23)/b21-13+. The minimum atomic E-state index is -0.422. The van der Waals surface area contributed by atoms with Crippen molar-refractivity contribution in [2.24, 2.45) is 5.10 Å². The van der Waals surface area contributed by atoms with Gasteiger partial charge in [-0.2, -0.15) is 5.10 Å². The molecule has 0 aliphatic heterocycles. The summed E-state index contributed by atoms with van der Waals surface area (Å²) in [6.45, 7) is 1.59. The first-order valence-corrected chi connectivity index (χ1v) is 7.94. The van der Waals surface area contributed by atoms with E-state index in [1.165, 1.54) is 14.2 Å². The largest absolute Gasteiger partial charge is 0.493 e. The van der Waals surface area contributed by atoms with Crippen LogP contribution in [-0.2, 0) is 4.79 Å². The van der Waals surface area contributed by atoms with Gasteiger partial charge in [-0.25, -0.2) is 5.43 Å². The Morgan fingerprint density at radius 3 is 2.31 bits per heavy atom. The Labute approximate surface area is 152 Å². The summed E-state index contributed by atoms with van der Waals surface area (Å²) >= 11 is 0. The highest BCUT2D eigenvalue weighted by Gasteiger charge is 2.11. The zero-order valence-corrected chi connectivity index (χ0v) is 14.9. The van der Waals surface area contributed by atoms with E-state index >= 15 is 0 Å². The fourth-order valence-corrected chi connectivity index (χ4v) is 2.17. The third kappa shape index (κ3) is 5.07. The fraction of sp³-hybridized carbons (Fsp3) is 0.211. The van der Waals surface area contributed by atoms with E-state index in [0.717, 1.165) is 5.56 Å². The zero-order chi connectivity index (χ0) is 18.9. The molecule has 0 aliphatic carbocycles. The first-order valence-electron chi connectivity index (χ1n) is 7.94. The maximum absolute atomic E-state index is 12.2. The molecule has 0 fully saturated rings. The Hall–Kier alpha value is -3.35. The lowest BCUT2D eigenvalue weighted by Gasteiger charge is -2.09. The lowest BCUT2D eigenvalue weighted by atomic mass is 10.1. The van der Waals surface area contributed by atoms with Crippen molar-refractivity contribution in [1.29, 1.82) is 0 Å². The molecule has 2 aromatic rings. The Balaban J connectivity index is 1.90. The van der Waals surface area contributed by atoms with Gasteiger partial charge in [0, 0.05) is 5.56 Å². The van der Waals surface area contributed by atoms with E-state index in [1.54, 1.807) is 25.1 Å².